The van der Waals surface area contributed by atoms with Crippen LogP contribution in [0.1, 0.15) is 1.43 Å². The number of hydrogen-bond donors (Lipinski definition) is 1. The summed E-state index contributed by atoms with van der Waals surface area (Å²) in [5.41, 5.74) is 0. The molecule has 6 heteroatoms. The maximum atomic E-state index is 8.52. The standard InChI is InChI=1S/ClHO3.K.Ti.H/c2-1(3)4;;;/h2H;;;/q;+1;;-1. The Morgan fingerprint density at radius 2 is 1.50 bits per heavy atom. The molecule has 0 saturated heterocycles. The minimum atomic E-state index is -2.60. The van der Waals surface area contributed by atoms with Gasteiger partial charge in [0, 0.05) is 26.4 Å². The molecule has 0 aromatic carbocycles. The van der Waals surface area contributed by atoms with Gasteiger partial charge in [-0.3, -0.25) is 0 Å². The third kappa shape index (κ3) is 31.3. The van der Waals surface area contributed by atoms with E-state index in [4.69, 9.17) is 14.0 Å². The van der Waals surface area contributed by atoms with Crippen LogP contribution in [0.4, 0.5) is 0 Å². The predicted octanol–water partition coefficient (Wildman–Crippen LogP) is -5.82. The Kier molecular flexibility index (Phi) is 27.7. The fraction of sp³-hybridized carbons (Fsp3) is 0. The molecule has 0 aliphatic carbocycles. The normalized spacial score (nSPS) is 6.00. The van der Waals surface area contributed by atoms with E-state index in [1.807, 2.05) is 0 Å². The van der Waals surface area contributed by atoms with Crippen LogP contribution >= 0.6 is 0 Å². The minimum absolute atomic E-state index is 0. The van der Waals surface area contributed by atoms with Crippen molar-refractivity contribution >= 4 is 0 Å². The van der Waals surface area contributed by atoms with Gasteiger partial charge in [-0.25, -0.2) is 0 Å². The van der Waals surface area contributed by atoms with Crippen molar-refractivity contribution in [2.75, 3.05) is 0 Å². The van der Waals surface area contributed by atoms with E-state index < -0.39 is 10.8 Å². The fourth-order valence-electron chi connectivity index (χ4n) is 0. The van der Waals surface area contributed by atoms with Crippen LogP contribution in [-0.2, 0) is 21.7 Å². The Bertz CT molecular complexity index is 19.7. The third-order valence-corrected chi connectivity index (χ3v) is 0. The molecule has 32 valence electrons. The Balaban J connectivity index is -0.0000000150. The van der Waals surface area contributed by atoms with Crippen LogP contribution in [0, 0.1) is 10.8 Å². The van der Waals surface area contributed by atoms with Crippen molar-refractivity contribution in [2.45, 2.75) is 0 Å². The summed E-state index contributed by atoms with van der Waals surface area (Å²) >= 11 is 0. The van der Waals surface area contributed by atoms with Crippen LogP contribution in [0.2, 0.25) is 0 Å². The van der Waals surface area contributed by atoms with Crippen molar-refractivity contribution < 1.29 is 99.3 Å². The Hall–Kier alpha value is 2.52. The fourth-order valence-corrected chi connectivity index (χ4v) is 0. The first-order chi connectivity index (χ1) is 1.73. The van der Waals surface area contributed by atoms with Crippen molar-refractivity contribution in [3.63, 3.8) is 0 Å². The van der Waals surface area contributed by atoms with Gasteiger partial charge in [0.05, 0.1) is 0 Å². The smallest absolute Gasteiger partial charge is 1.00 e. The number of rotatable bonds is 0. The second-order valence-corrected chi connectivity index (χ2v) is 0.603. The van der Waals surface area contributed by atoms with E-state index in [0.29, 0.717) is 0 Å². The molecule has 0 aliphatic rings. The summed E-state index contributed by atoms with van der Waals surface area (Å²) in [4.78, 5) is 0. The maximum absolute atomic E-state index is 8.52. The van der Waals surface area contributed by atoms with Crippen LogP contribution in [0.25, 0.3) is 0 Å². The van der Waals surface area contributed by atoms with E-state index in [9.17, 15) is 0 Å². The molecule has 1 N–H and O–H groups in total. The first-order valence-electron chi connectivity index (χ1n) is 0.478. The van der Waals surface area contributed by atoms with Crippen molar-refractivity contribution in [1.82, 2.24) is 0 Å². The zero-order valence-corrected chi connectivity index (χ0v) is 8.58. The molecule has 3 nitrogen and oxygen atoms in total. The second-order valence-electron chi connectivity index (χ2n) is 0.201. The molecule has 0 heterocycles. The minimum Gasteiger partial charge on any atom is -1.00 e. The Labute approximate surface area is 97.3 Å². The number of hydrogen-bond acceptors (Lipinski definition) is 3. The van der Waals surface area contributed by atoms with E-state index >= 15 is 0 Å². The van der Waals surface area contributed by atoms with E-state index in [-0.39, 0.29) is 74.5 Å². The summed E-state index contributed by atoms with van der Waals surface area (Å²) in [6.07, 6.45) is 0. The monoisotopic (exact) mass is 172 g/mol. The predicted molar refractivity (Wildman–Crippen MR) is 3.33 cm³/mol. The number of halogens is 1. The van der Waals surface area contributed by atoms with E-state index in [0.717, 1.165) is 0 Å². The van der Waals surface area contributed by atoms with Gasteiger partial charge >= 0.3 is 51.4 Å². The molecule has 0 aliphatic heterocycles. The van der Waals surface area contributed by atoms with Crippen LogP contribution < -0.4 is 60.7 Å². The van der Waals surface area contributed by atoms with Gasteiger partial charge in [-0.2, -0.15) is 0 Å². The summed E-state index contributed by atoms with van der Waals surface area (Å²) in [6.45, 7) is 0. The Morgan fingerprint density at radius 1 is 1.50 bits per heavy atom. The third-order valence-electron chi connectivity index (χ3n) is 0. The van der Waals surface area contributed by atoms with Crippen molar-refractivity contribution in [1.29, 1.82) is 0 Å². The first kappa shape index (κ1) is 15.8. The van der Waals surface area contributed by atoms with Gasteiger partial charge in [-0.1, -0.05) is 0 Å². The van der Waals surface area contributed by atoms with Gasteiger partial charge in [-0.05, 0) is 0 Å². The van der Waals surface area contributed by atoms with Gasteiger partial charge < -0.3 is 10.7 Å². The second kappa shape index (κ2) is 10.5. The average molecular weight is 172 g/mol. The quantitative estimate of drug-likeness (QED) is 0.370. The molecule has 6 heavy (non-hydrogen) atoms. The topological polar surface area (TPSA) is 66.3 Å². The van der Waals surface area contributed by atoms with E-state index in [1.54, 1.807) is 0 Å². The molecule has 0 rings (SSSR count). The van der Waals surface area contributed by atoms with Crippen molar-refractivity contribution in [3.8, 4) is 0 Å². The van der Waals surface area contributed by atoms with Crippen molar-refractivity contribution in [3.05, 3.63) is 0 Å². The summed E-state index contributed by atoms with van der Waals surface area (Å²) in [6, 6.07) is 0. The largest absolute Gasteiger partial charge is 1.00 e. The van der Waals surface area contributed by atoms with Gasteiger partial charge in [0.2, 0.25) is 0 Å². The molecule has 0 unspecified atom stereocenters. The molecule has 0 bridgehead atoms. The molecule has 0 spiro atoms. The van der Waals surface area contributed by atoms with Crippen LogP contribution in [0.15, 0.2) is 0 Å². The SMILES string of the molecule is [H-].[K+].[O-][Cl+2]([O-])O.[Ti]. The van der Waals surface area contributed by atoms with Crippen LogP contribution in [0.5, 0.6) is 0 Å². The summed E-state index contributed by atoms with van der Waals surface area (Å²) in [5, 5.41) is 0. The molecule has 0 radical (unpaired) electrons. The van der Waals surface area contributed by atoms with Gasteiger partial charge in [-0.15, -0.1) is 0 Å². The first-order valence-corrected chi connectivity index (χ1v) is 1.43. The van der Waals surface area contributed by atoms with Crippen LogP contribution in [-0.4, -0.2) is 4.66 Å². The molecule has 0 amide bonds. The molecular weight excluding hydrogens is 170 g/mol. The maximum Gasteiger partial charge on any atom is 1.00 e. The van der Waals surface area contributed by atoms with E-state index in [2.05, 4.69) is 0 Å². The average Bonchev–Trinajstić information content (AvgIpc) is 0.811. The van der Waals surface area contributed by atoms with Crippen LogP contribution in [0.3, 0.4) is 0 Å². The summed E-state index contributed by atoms with van der Waals surface area (Å²) < 4.78 is 24.0. The zero-order chi connectivity index (χ0) is 3.58. The molecule has 0 saturated carbocycles. The summed E-state index contributed by atoms with van der Waals surface area (Å²) in [7, 11) is -2.60. The molecule has 0 aromatic rings. The molecule has 0 aromatic heterocycles. The zero-order valence-electron chi connectivity index (χ0n) is 4.14. The summed E-state index contributed by atoms with van der Waals surface area (Å²) in [5.74, 6) is 0. The molecule has 0 atom stereocenters. The van der Waals surface area contributed by atoms with Gasteiger partial charge in [0.1, 0.15) is 0 Å². The van der Waals surface area contributed by atoms with Gasteiger partial charge in [0.25, 0.3) is 10.8 Å². The van der Waals surface area contributed by atoms with E-state index in [1.165, 1.54) is 0 Å². The Morgan fingerprint density at radius 3 is 1.50 bits per heavy atom. The van der Waals surface area contributed by atoms with Gasteiger partial charge in [0.15, 0.2) is 0 Å². The molecular formula is H2ClKO3Ti. The van der Waals surface area contributed by atoms with Crippen molar-refractivity contribution in [2.24, 2.45) is 0 Å². The molecule has 0 fully saturated rings.